The summed E-state index contributed by atoms with van der Waals surface area (Å²) < 4.78 is 40.0. The van der Waals surface area contributed by atoms with Gasteiger partial charge in [-0.15, -0.1) is 0 Å². The first-order valence-corrected chi connectivity index (χ1v) is 7.46. The normalized spacial score (nSPS) is 11.8. The van der Waals surface area contributed by atoms with Crippen LogP contribution in [0.3, 0.4) is 0 Å². The summed E-state index contributed by atoms with van der Waals surface area (Å²) in [5.74, 6) is -0.842. The quantitative estimate of drug-likeness (QED) is 0.788. The van der Waals surface area contributed by atoms with E-state index in [1.165, 1.54) is 6.07 Å². The molecule has 1 aromatic carbocycles. The maximum absolute atomic E-state index is 13.9. The largest absolute Gasteiger partial charge is 0.326 e. The van der Waals surface area contributed by atoms with Crippen molar-refractivity contribution in [1.29, 1.82) is 0 Å². The Labute approximate surface area is 111 Å². The molecule has 0 radical (unpaired) electrons. The molecule has 0 bridgehead atoms. The molecule has 0 aromatic heterocycles. The second kappa shape index (κ2) is 6.47. The van der Waals surface area contributed by atoms with Crippen LogP contribution in [0.5, 0.6) is 0 Å². The van der Waals surface area contributed by atoms with Crippen molar-refractivity contribution in [2.24, 2.45) is 5.73 Å². The SMILES string of the molecule is CCCCNS(=O)(=O)c1cc(Cl)cc(CN)c1F. The highest BCUT2D eigenvalue weighted by Crippen LogP contribution is 2.23. The van der Waals surface area contributed by atoms with Gasteiger partial charge in [0.1, 0.15) is 10.7 Å². The highest BCUT2D eigenvalue weighted by Gasteiger charge is 2.21. The Hall–Kier alpha value is -0.690. The van der Waals surface area contributed by atoms with E-state index in [0.29, 0.717) is 6.42 Å². The maximum atomic E-state index is 13.9. The van der Waals surface area contributed by atoms with Crippen LogP contribution in [-0.2, 0) is 16.6 Å². The van der Waals surface area contributed by atoms with E-state index in [2.05, 4.69) is 4.72 Å². The maximum Gasteiger partial charge on any atom is 0.243 e. The number of sulfonamides is 1. The van der Waals surface area contributed by atoms with Crippen molar-refractivity contribution in [1.82, 2.24) is 4.72 Å². The van der Waals surface area contributed by atoms with Gasteiger partial charge in [-0.3, -0.25) is 0 Å². The summed E-state index contributed by atoms with van der Waals surface area (Å²) in [6.07, 6.45) is 1.53. The number of halogens is 2. The Morgan fingerprint density at radius 2 is 2.11 bits per heavy atom. The number of hydrogen-bond donors (Lipinski definition) is 2. The lowest BCUT2D eigenvalue weighted by Crippen LogP contribution is -2.26. The molecule has 0 heterocycles. The second-order valence-electron chi connectivity index (χ2n) is 3.83. The third-order valence-corrected chi connectivity index (χ3v) is 4.09. The lowest BCUT2D eigenvalue weighted by molar-refractivity contribution is 0.548. The van der Waals surface area contributed by atoms with Gasteiger partial charge in [-0.2, -0.15) is 0 Å². The van der Waals surface area contributed by atoms with E-state index in [0.717, 1.165) is 12.5 Å². The minimum atomic E-state index is -3.88. The van der Waals surface area contributed by atoms with E-state index >= 15 is 0 Å². The lowest BCUT2D eigenvalue weighted by Gasteiger charge is -2.10. The fraction of sp³-hybridized carbons (Fsp3) is 0.455. The fourth-order valence-corrected chi connectivity index (χ4v) is 2.95. The van der Waals surface area contributed by atoms with Gasteiger partial charge in [0.05, 0.1) is 0 Å². The zero-order valence-corrected chi connectivity index (χ0v) is 11.6. The smallest absolute Gasteiger partial charge is 0.243 e. The van der Waals surface area contributed by atoms with Crippen LogP contribution < -0.4 is 10.5 Å². The van der Waals surface area contributed by atoms with Crippen molar-refractivity contribution >= 4 is 21.6 Å². The molecule has 0 saturated heterocycles. The van der Waals surface area contributed by atoms with E-state index in [4.69, 9.17) is 17.3 Å². The molecular weight excluding hydrogens is 279 g/mol. The average Bonchev–Trinajstić information content (AvgIpc) is 2.31. The van der Waals surface area contributed by atoms with Gasteiger partial charge in [-0.1, -0.05) is 24.9 Å². The van der Waals surface area contributed by atoms with Gasteiger partial charge in [-0.25, -0.2) is 17.5 Å². The van der Waals surface area contributed by atoms with Crippen LogP contribution in [-0.4, -0.2) is 15.0 Å². The van der Waals surface area contributed by atoms with Gasteiger partial charge >= 0.3 is 0 Å². The molecule has 0 fully saturated rings. The highest BCUT2D eigenvalue weighted by atomic mass is 35.5. The van der Waals surface area contributed by atoms with Crippen LogP contribution in [0.1, 0.15) is 25.3 Å². The van der Waals surface area contributed by atoms with Crippen LogP contribution in [0, 0.1) is 5.82 Å². The second-order valence-corrected chi connectivity index (χ2v) is 6.00. The highest BCUT2D eigenvalue weighted by molar-refractivity contribution is 7.89. The summed E-state index contributed by atoms with van der Waals surface area (Å²) >= 11 is 5.75. The van der Waals surface area contributed by atoms with Crippen molar-refractivity contribution in [3.8, 4) is 0 Å². The first-order valence-electron chi connectivity index (χ1n) is 5.60. The van der Waals surface area contributed by atoms with Crippen molar-refractivity contribution in [2.45, 2.75) is 31.2 Å². The number of hydrogen-bond acceptors (Lipinski definition) is 3. The Bertz CT molecular complexity index is 520. The summed E-state index contributed by atoms with van der Waals surface area (Å²) in [6, 6.07) is 2.41. The molecule has 0 aliphatic rings. The zero-order chi connectivity index (χ0) is 13.8. The topological polar surface area (TPSA) is 72.2 Å². The Morgan fingerprint density at radius 1 is 1.44 bits per heavy atom. The standard InChI is InChI=1S/C11H16ClFN2O2S/c1-2-3-4-15-18(16,17)10-6-9(12)5-8(7-14)11(10)13/h5-6,15H,2-4,7,14H2,1H3. The number of nitrogens with one attached hydrogen (secondary N) is 1. The number of nitrogens with two attached hydrogens (primary N) is 1. The first kappa shape index (κ1) is 15.4. The fourth-order valence-electron chi connectivity index (χ4n) is 1.42. The van der Waals surface area contributed by atoms with Crippen molar-refractivity contribution < 1.29 is 12.8 Å². The Kier molecular flexibility index (Phi) is 5.52. The van der Waals surface area contributed by atoms with E-state index in [1.54, 1.807) is 0 Å². The van der Waals surface area contributed by atoms with E-state index in [-0.39, 0.29) is 23.7 Å². The van der Waals surface area contributed by atoms with Crippen LogP contribution in [0.15, 0.2) is 17.0 Å². The monoisotopic (exact) mass is 294 g/mol. The molecule has 0 aliphatic heterocycles. The van der Waals surface area contributed by atoms with Crippen LogP contribution in [0.2, 0.25) is 5.02 Å². The molecule has 7 heteroatoms. The van der Waals surface area contributed by atoms with Crippen molar-refractivity contribution in [3.05, 3.63) is 28.5 Å². The molecule has 1 rings (SSSR count). The summed E-state index contributed by atoms with van der Waals surface area (Å²) in [5.41, 5.74) is 5.42. The van der Waals surface area contributed by atoms with Crippen molar-refractivity contribution in [3.63, 3.8) is 0 Å². The predicted octanol–water partition coefficient (Wildman–Crippen LogP) is 2.02. The summed E-state index contributed by atoms with van der Waals surface area (Å²) in [6.45, 7) is 2.09. The minimum absolute atomic E-state index is 0.0818. The van der Waals surface area contributed by atoms with E-state index < -0.39 is 20.7 Å². The van der Waals surface area contributed by atoms with Gasteiger partial charge in [-0.05, 0) is 18.6 Å². The average molecular weight is 295 g/mol. The summed E-state index contributed by atoms with van der Waals surface area (Å²) in [7, 11) is -3.88. The van der Waals surface area contributed by atoms with Gasteiger partial charge in [0, 0.05) is 23.7 Å². The van der Waals surface area contributed by atoms with Crippen molar-refractivity contribution in [2.75, 3.05) is 6.54 Å². The lowest BCUT2D eigenvalue weighted by atomic mass is 10.2. The number of unbranched alkanes of at least 4 members (excludes halogenated alkanes) is 1. The molecule has 0 spiro atoms. The van der Waals surface area contributed by atoms with Gasteiger partial charge in [0.25, 0.3) is 0 Å². The minimum Gasteiger partial charge on any atom is -0.326 e. The molecule has 18 heavy (non-hydrogen) atoms. The number of benzene rings is 1. The summed E-state index contributed by atoms with van der Waals surface area (Å²) in [5, 5.41) is 0.146. The first-order chi connectivity index (χ1) is 8.42. The Morgan fingerprint density at radius 3 is 2.67 bits per heavy atom. The third-order valence-electron chi connectivity index (χ3n) is 2.41. The third kappa shape index (κ3) is 3.65. The van der Waals surface area contributed by atoms with Crippen LogP contribution in [0.4, 0.5) is 4.39 Å². The van der Waals surface area contributed by atoms with Crippen LogP contribution in [0.25, 0.3) is 0 Å². The molecule has 3 N–H and O–H groups in total. The molecule has 0 aliphatic carbocycles. The molecule has 0 atom stereocenters. The summed E-state index contributed by atoms with van der Waals surface area (Å²) in [4.78, 5) is -0.452. The van der Waals surface area contributed by atoms with E-state index in [1.807, 2.05) is 6.92 Å². The van der Waals surface area contributed by atoms with Gasteiger partial charge in [0.15, 0.2) is 0 Å². The predicted molar refractivity (Wildman–Crippen MR) is 69.4 cm³/mol. The van der Waals surface area contributed by atoms with Gasteiger partial charge in [0.2, 0.25) is 10.0 Å². The van der Waals surface area contributed by atoms with Crippen LogP contribution >= 0.6 is 11.6 Å². The molecule has 102 valence electrons. The van der Waals surface area contributed by atoms with E-state index in [9.17, 15) is 12.8 Å². The Balaban J connectivity index is 3.12. The molecule has 4 nitrogen and oxygen atoms in total. The molecule has 0 unspecified atom stereocenters. The number of rotatable bonds is 6. The van der Waals surface area contributed by atoms with Gasteiger partial charge < -0.3 is 5.73 Å². The molecule has 1 aromatic rings. The molecule has 0 amide bonds. The molecule has 0 saturated carbocycles. The zero-order valence-electron chi connectivity index (χ0n) is 10.0. The molecular formula is C11H16ClFN2O2S.